The number of thioether (sulfide) groups is 1. The fraction of sp³-hybridized carbons (Fsp3) is 0.321. The van der Waals surface area contributed by atoms with Crippen LogP contribution >= 0.6 is 11.8 Å². The third-order valence-electron chi connectivity index (χ3n) is 6.37. The monoisotopic (exact) mass is 504 g/mol. The van der Waals surface area contributed by atoms with Gasteiger partial charge in [0, 0.05) is 25.3 Å². The Morgan fingerprint density at radius 1 is 1.11 bits per heavy atom. The highest BCUT2D eigenvalue weighted by atomic mass is 32.2. The maximum absolute atomic E-state index is 13.7. The van der Waals surface area contributed by atoms with Crippen LogP contribution in [0.25, 0.3) is 0 Å². The van der Waals surface area contributed by atoms with Gasteiger partial charge in [0.05, 0.1) is 30.8 Å². The molecule has 0 unspecified atom stereocenters. The molecule has 0 saturated heterocycles. The van der Waals surface area contributed by atoms with E-state index < -0.39 is 6.04 Å². The van der Waals surface area contributed by atoms with E-state index in [1.807, 2.05) is 90.6 Å². The molecule has 0 spiro atoms. The first-order valence-electron chi connectivity index (χ1n) is 12.1. The zero-order valence-corrected chi connectivity index (χ0v) is 22.0. The van der Waals surface area contributed by atoms with Crippen molar-refractivity contribution in [2.24, 2.45) is 4.99 Å². The van der Waals surface area contributed by atoms with E-state index in [9.17, 15) is 9.59 Å². The number of methoxy groups -OCH3 is 1. The molecule has 36 heavy (non-hydrogen) atoms. The molecule has 2 aromatic rings. The predicted molar refractivity (Wildman–Crippen MR) is 144 cm³/mol. The number of rotatable bonds is 9. The Morgan fingerprint density at radius 3 is 2.56 bits per heavy atom. The maximum atomic E-state index is 13.7. The molecule has 0 saturated carbocycles. The summed E-state index contributed by atoms with van der Waals surface area (Å²) >= 11 is 1.48. The minimum absolute atomic E-state index is 0.0436. The second kappa shape index (κ2) is 11.5. The van der Waals surface area contributed by atoms with Gasteiger partial charge in [-0.3, -0.25) is 9.59 Å². The summed E-state index contributed by atoms with van der Waals surface area (Å²) in [6.45, 7) is 7.51. The Kier molecular flexibility index (Phi) is 8.15. The highest BCUT2D eigenvalue weighted by molar-refractivity contribution is 8.16. The molecule has 188 valence electrons. The van der Waals surface area contributed by atoms with Crippen molar-refractivity contribution in [3.05, 3.63) is 88.1 Å². The molecule has 0 aromatic heterocycles. The van der Waals surface area contributed by atoms with Crippen LogP contribution in [0.1, 0.15) is 44.4 Å². The van der Waals surface area contributed by atoms with E-state index >= 15 is 0 Å². The Bertz CT molecular complexity index is 1220. The minimum Gasteiger partial charge on any atom is -0.497 e. The Hall–Kier alpha value is -3.52. The van der Waals surface area contributed by atoms with Crippen LogP contribution in [0.3, 0.4) is 0 Å². The molecule has 8 heteroatoms. The zero-order chi connectivity index (χ0) is 25.7. The molecule has 7 nitrogen and oxygen atoms in total. The van der Waals surface area contributed by atoms with Crippen LogP contribution in [-0.4, -0.2) is 47.0 Å². The van der Waals surface area contributed by atoms with Gasteiger partial charge in [-0.15, -0.1) is 0 Å². The average molecular weight is 505 g/mol. The minimum atomic E-state index is -0.413. The normalized spacial score (nSPS) is 16.8. The molecule has 0 aliphatic carbocycles. The van der Waals surface area contributed by atoms with Crippen molar-refractivity contribution in [2.45, 2.75) is 39.8 Å². The van der Waals surface area contributed by atoms with E-state index in [0.717, 1.165) is 22.0 Å². The Labute approximate surface area is 216 Å². The summed E-state index contributed by atoms with van der Waals surface area (Å²) in [6, 6.07) is 17.2. The van der Waals surface area contributed by atoms with Gasteiger partial charge < -0.3 is 19.9 Å². The summed E-state index contributed by atoms with van der Waals surface area (Å²) in [4.78, 5) is 35.3. The highest BCUT2D eigenvalue weighted by Gasteiger charge is 2.41. The fourth-order valence-electron chi connectivity index (χ4n) is 4.47. The van der Waals surface area contributed by atoms with Crippen molar-refractivity contribution in [3.63, 3.8) is 0 Å². The van der Waals surface area contributed by atoms with E-state index in [1.54, 1.807) is 7.11 Å². The smallest absolute Gasteiger partial charge is 0.254 e. The van der Waals surface area contributed by atoms with Crippen molar-refractivity contribution < 1.29 is 14.3 Å². The van der Waals surface area contributed by atoms with Crippen molar-refractivity contribution >= 4 is 28.7 Å². The summed E-state index contributed by atoms with van der Waals surface area (Å²) in [5, 5.41) is 5.74. The quantitative estimate of drug-likeness (QED) is 0.529. The first-order valence-corrected chi connectivity index (χ1v) is 13.0. The van der Waals surface area contributed by atoms with Crippen molar-refractivity contribution in [1.82, 2.24) is 15.1 Å². The Morgan fingerprint density at radius 2 is 1.86 bits per heavy atom. The van der Waals surface area contributed by atoms with E-state index in [1.165, 1.54) is 11.8 Å². The lowest BCUT2D eigenvalue weighted by atomic mass is 9.92. The number of amidine groups is 1. The van der Waals surface area contributed by atoms with Crippen LogP contribution in [-0.2, 0) is 16.1 Å². The standard InChI is InChI=1S/C28H32N4O3S/c1-5-31(6-2)27(34)25-19(3)30-28-32(26(25)21-13-10-14-23(15-21)35-4)22(18-36-28)16-24(33)29-17-20-11-8-7-9-12-20/h7-15,18,26H,5-6,16-17H2,1-4H3,(H,29,33)/t26-/m0/s1. The first-order chi connectivity index (χ1) is 17.5. The molecule has 0 radical (unpaired) electrons. The molecular weight excluding hydrogens is 472 g/mol. The number of hydrogen-bond acceptors (Lipinski definition) is 6. The molecule has 2 aliphatic heterocycles. The van der Waals surface area contributed by atoms with Gasteiger partial charge in [-0.05, 0) is 49.4 Å². The lowest BCUT2D eigenvalue weighted by Gasteiger charge is -2.38. The number of carbonyl (C=O) groups is 2. The number of benzene rings is 2. The third kappa shape index (κ3) is 5.33. The molecule has 0 bridgehead atoms. The number of nitrogens with zero attached hydrogens (tertiary/aromatic N) is 3. The molecule has 1 N–H and O–H groups in total. The summed E-state index contributed by atoms with van der Waals surface area (Å²) < 4.78 is 5.49. The van der Waals surface area contributed by atoms with Gasteiger partial charge in [0.1, 0.15) is 5.75 Å². The Balaban J connectivity index is 1.66. The molecule has 1 atom stereocenters. The summed E-state index contributed by atoms with van der Waals surface area (Å²) in [7, 11) is 1.63. The topological polar surface area (TPSA) is 74.2 Å². The molecule has 2 aromatic carbocycles. The summed E-state index contributed by atoms with van der Waals surface area (Å²) in [6.07, 6.45) is 0.186. The zero-order valence-electron chi connectivity index (χ0n) is 21.2. The first kappa shape index (κ1) is 25.6. The van der Waals surface area contributed by atoms with Gasteiger partial charge in [-0.25, -0.2) is 4.99 Å². The van der Waals surface area contributed by atoms with Crippen molar-refractivity contribution in [1.29, 1.82) is 0 Å². The summed E-state index contributed by atoms with van der Waals surface area (Å²) in [5.74, 6) is 0.582. The highest BCUT2D eigenvalue weighted by Crippen LogP contribution is 2.45. The molecule has 0 fully saturated rings. The van der Waals surface area contributed by atoms with Crippen LogP contribution in [0, 0.1) is 0 Å². The van der Waals surface area contributed by atoms with E-state index in [0.29, 0.717) is 36.7 Å². The lowest BCUT2D eigenvalue weighted by Crippen LogP contribution is -2.42. The van der Waals surface area contributed by atoms with Gasteiger partial charge in [0.15, 0.2) is 5.17 Å². The SMILES string of the molecule is CCN(CC)C(=O)C1=C(C)N=C2SC=C(CC(=O)NCc3ccccc3)N2[C@H]1c1cccc(OC)c1. The number of carbonyl (C=O) groups excluding carboxylic acids is 2. The predicted octanol–water partition coefficient (Wildman–Crippen LogP) is 4.85. The fourth-order valence-corrected chi connectivity index (χ4v) is 5.44. The van der Waals surface area contributed by atoms with Crippen LogP contribution in [0.4, 0.5) is 0 Å². The van der Waals surface area contributed by atoms with Crippen molar-refractivity contribution in [2.75, 3.05) is 20.2 Å². The number of aliphatic imine (C=N–C) groups is 1. The number of fused-ring (bicyclic) bond motifs is 1. The van der Waals surface area contributed by atoms with Crippen LogP contribution in [0.15, 0.2) is 82.0 Å². The van der Waals surface area contributed by atoms with Crippen LogP contribution < -0.4 is 10.1 Å². The molecule has 4 rings (SSSR count). The number of likely N-dealkylation sites (N-methyl/N-ethyl adjacent to an activating group) is 1. The largest absolute Gasteiger partial charge is 0.497 e. The number of allylic oxidation sites excluding steroid dienone is 1. The molecule has 2 aliphatic rings. The van der Waals surface area contributed by atoms with Gasteiger partial charge in [0.2, 0.25) is 5.91 Å². The van der Waals surface area contributed by atoms with E-state index in [4.69, 9.17) is 9.73 Å². The van der Waals surface area contributed by atoms with Crippen LogP contribution in [0.5, 0.6) is 5.75 Å². The maximum Gasteiger partial charge on any atom is 0.254 e. The van der Waals surface area contributed by atoms with Gasteiger partial charge in [0.25, 0.3) is 5.91 Å². The van der Waals surface area contributed by atoms with Crippen LogP contribution in [0.2, 0.25) is 0 Å². The molecule has 2 heterocycles. The number of ether oxygens (including phenoxy) is 1. The number of nitrogens with one attached hydrogen (secondary N) is 1. The van der Waals surface area contributed by atoms with Gasteiger partial charge in [-0.2, -0.15) is 0 Å². The number of amides is 2. The van der Waals surface area contributed by atoms with E-state index in [2.05, 4.69) is 5.32 Å². The van der Waals surface area contributed by atoms with Gasteiger partial charge in [-0.1, -0.05) is 54.2 Å². The second-order valence-corrected chi connectivity index (χ2v) is 9.42. The second-order valence-electron chi connectivity index (χ2n) is 8.59. The molecular formula is C28H32N4O3S. The molecule has 2 amide bonds. The average Bonchev–Trinajstić information content (AvgIpc) is 3.29. The lowest BCUT2D eigenvalue weighted by molar-refractivity contribution is -0.127. The third-order valence-corrected chi connectivity index (χ3v) is 7.25. The van der Waals surface area contributed by atoms with Crippen molar-refractivity contribution in [3.8, 4) is 5.75 Å². The van der Waals surface area contributed by atoms with Gasteiger partial charge >= 0.3 is 0 Å². The number of hydrogen-bond donors (Lipinski definition) is 1. The summed E-state index contributed by atoms with van der Waals surface area (Å²) in [5.41, 5.74) is 4.08. The van der Waals surface area contributed by atoms with E-state index in [-0.39, 0.29) is 18.2 Å².